The number of carbonyl (C=O) groups excluding carboxylic acids is 1. The van der Waals surface area contributed by atoms with Crippen molar-refractivity contribution in [3.63, 3.8) is 0 Å². The normalized spacial score (nSPS) is 11.3. The van der Waals surface area contributed by atoms with Crippen LogP contribution in [-0.2, 0) is 17.6 Å². The molecule has 0 amide bonds. The molecular weight excluding hydrogens is 372 g/mol. The summed E-state index contributed by atoms with van der Waals surface area (Å²) >= 11 is 0. The van der Waals surface area contributed by atoms with Crippen molar-refractivity contribution in [1.29, 1.82) is 0 Å². The Morgan fingerprint density at radius 2 is 1.43 bits per heavy atom. The summed E-state index contributed by atoms with van der Waals surface area (Å²) in [6.45, 7) is 4.40. The summed E-state index contributed by atoms with van der Waals surface area (Å²) in [6.07, 6.45) is 15.0. The fourth-order valence-corrected chi connectivity index (χ4v) is 4.29. The molecule has 2 aromatic carbocycles. The second-order valence-corrected chi connectivity index (χ2v) is 8.64. The molecule has 0 aliphatic carbocycles. The van der Waals surface area contributed by atoms with Crippen LogP contribution in [0.3, 0.4) is 0 Å². The minimum Gasteiger partial charge on any atom is -0.504 e. The van der Waals surface area contributed by atoms with Crippen molar-refractivity contribution in [3.05, 3.63) is 35.4 Å². The van der Waals surface area contributed by atoms with Crippen molar-refractivity contribution in [2.75, 3.05) is 0 Å². The van der Waals surface area contributed by atoms with Crippen LogP contribution in [0.4, 0.5) is 0 Å². The molecule has 3 nitrogen and oxygen atoms in total. The Bertz CT molecular complexity index is 794. The van der Waals surface area contributed by atoms with E-state index < -0.39 is 0 Å². The highest BCUT2D eigenvalue weighted by molar-refractivity contribution is 5.97. The van der Waals surface area contributed by atoms with Gasteiger partial charge in [0.15, 0.2) is 11.5 Å². The van der Waals surface area contributed by atoms with Crippen molar-refractivity contribution in [1.82, 2.24) is 0 Å². The number of fused-ring (bicyclic) bond motifs is 1. The van der Waals surface area contributed by atoms with Crippen molar-refractivity contribution in [2.45, 2.75) is 104 Å². The second-order valence-electron chi connectivity index (χ2n) is 8.64. The van der Waals surface area contributed by atoms with E-state index in [4.69, 9.17) is 0 Å². The molecule has 0 unspecified atom stereocenters. The van der Waals surface area contributed by atoms with Crippen LogP contribution < -0.4 is 0 Å². The van der Waals surface area contributed by atoms with E-state index in [2.05, 4.69) is 13.8 Å². The van der Waals surface area contributed by atoms with Crippen LogP contribution in [0.1, 0.15) is 102 Å². The van der Waals surface area contributed by atoms with E-state index in [-0.39, 0.29) is 17.3 Å². The van der Waals surface area contributed by atoms with E-state index in [1.807, 2.05) is 18.2 Å². The SMILES string of the molecule is CCCCCCCCCCC(=O)Cc1cccc2c(O)c(O)cc(CCCCC)c12. The van der Waals surface area contributed by atoms with Crippen LogP contribution in [0.5, 0.6) is 11.5 Å². The zero-order valence-electron chi connectivity index (χ0n) is 19.0. The van der Waals surface area contributed by atoms with Gasteiger partial charge in [0.05, 0.1) is 0 Å². The Hall–Kier alpha value is -2.03. The summed E-state index contributed by atoms with van der Waals surface area (Å²) in [6, 6.07) is 7.38. The molecule has 0 aliphatic rings. The van der Waals surface area contributed by atoms with Crippen molar-refractivity contribution >= 4 is 16.6 Å². The molecule has 3 heteroatoms. The number of hydrogen-bond acceptors (Lipinski definition) is 3. The largest absolute Gasteiger partial charge is 0.504 e. The third-order valence-corrected chi connectivity index (χ3v) is 6.03. The highest BCUT2D eigenvalue weighted by atomic mass is 16.3. The van der Waals surface area contributed by atoms with Gasteiger partial charge >= 0.3 is 0 Å². The maximum atomic E-state index is 12.6. The van der Waals surface area contributed by atoms with Gasteiger partial charge in [0, 0.05) is 18.2 Å². The van der Waals surface area contributed by atoms with Crippen LogP contribution in [-0.4, -0.2) is 16.0 Å². The van der Waals surface area contributed by atoms with Crippen LogP contribution in [0.25, 0.3) is 10.8 Å². The average Bonchev–Trinajstić information content (AvgIpc) is 2.73. The monoisotopic (exact) mass is 412 g/mol. The molecule has 0 radical (unpaired) electrons. The lowest BCUT2D eigenvalue weighted by Gasteiger charge is -2.14. The third-order valence-electron chi connectivity index (χ3n) is 6.03. The number of benzene rings is 2. The maximum absolute atomic E-state index is 12.6. The molecule has 0 aromatic heterocycles. The Morgan fingerprint density at radius 1 is 0.800 bits per heavy atom. The molecule has 0 aliphatic heterocycles. The number of ketones is 1. The molecule has 2 rings (SSSR count). The summed E-state index contributed by atoms with van der Waals surface area (Å²) in [4.78, 5) is 12.6. The lowest BCUT2D eigenvalue weighted by molar-refractivity contribution is -0.118. The Morgan fingerprint density at radius 3 is 2.13 bits per heavy atom. The van der Waals surface area contributed by atoms with Crippen LogP contribution in [0.2, 0.25) is 0 Å². The molecule has 30 heavy (non-hydrogen) atoms. The number of aromatic hydroxyl groups is 2. The van der Waals surface area contributed by atoms with Crippen LogP contribution >= 0.6 is 0 Å². The Labute approximate surface area is 182 Å². The number of carbonyl (C=O) groups is 1. The number of Topliss-reactive ketones (excluding diaryl/α,β-unsaturated/α-hetero) is 1. The molecule has 0 saturated carbocycles. The quantitative estimate of drug-likeness (QED) is 0.233. The number of hydrogen-bond donors (Lipinski definition) is 2. The zero-order valence-corrected chi connectivity index (χ0v) is 19.0. The molecular formula is C27H40O3. The average molecular weight is 413 g/mol. The van der Waals surface area contributed by atoms with Gasteiger partial charge in [0.1, 0.15) is 5.78 Å². The standard InChI is InChI=1S/C27H40O3/c1-3-5-7-8-9-10-11-13-17-23(28)19-21-16-14-18-24-26(21)22(15-12-6-4-2)20-25(29)27(24)30/h14,16,18,20,29-30H,3-13,15,17,19H2,1-2H3. The van der Waals surface area contributed by atoms with Crippen molar-refractivity contribution < 1.29 is 15.0 Å². The number of phenols is 2. The van der Waals surface area contributed by atoms with Crippen molar-refractivity contribution in [3.8, 4) is 11.5 Å². The Balaban J connectivity index is 1.99. The van der Waals surface area contributed by atoms with Gasteiger partial charge in [-0.15, -0.1) is 0 Å². The first-order valence-corrected chi connectivity index (χ1v) is 12.1. The van der Waals surface area contributed by atoms with Gasteiger partial charge in [0.2, 0.25) is 0 Å². The predicted molar refractivity (Wildman–Crippen MR) is 126 cm³/mol. The first kappa shape index (κ1) is 24.2. The van der Waals surface area contributed by atoms with E-state index in [1.54, 1.807) is 6.07 Å². The molecule has 166 valence electrons. The first-order valence-electron chi connectivity index (χ1n) is 12.1. The second kappa shape index (κ2) is 13.3. The van der Waals surface area contributed by atoms with Gasteiger partial charge in [-0.25, -0.2) is 0 Å². The fourth-order valence-electron chi connectivity index (χ4n) is 4.29. The van der Waals surface area contributed by atoms with Gasteiger partial charge in [-0.3, -0.25) is 4.79 Å². The van der Waals surface area contributed by atoms with Gasteiger partial charge in [-0.2, -0.15) is 0 Å². The summed E-state index contributed by atoms with van der Waals surface area (Å²) in [5, 5.41) is 22.1. The topological polar surface area (TPSA) is 57.5 Å². The van der Waals surface area contributed by atoms with Crippen LogP contribution in [0, 0.1) is 0 Å². The van der Waals surface area contributed by atoms with E-state index in [9.17, 15) is 15.0 Å². The maximum Gasteiger partial charge on any atom is 0.165 e. The molecule has 0 spiro atoms. The van der Waals surface area contributed by atoms with Crippen LogP contribution in [0.15, 0.2) is 24.3 Å². The molecule has 2 aromatic rings. The lowest BCUT2D eigenvalue weighted by atomic mass is 9.92. The molecule has 2 N–H and O–H groups in total. The highest BCUT2D eigenvalue weighted by Gasteiger charge is 2.15. The van der Waals surface area contributed by atoms with E-state index >= 15 is 0 Å². The summed E-state index contributed by atoms with van der Waals surface area (Å²) in [5.41, 5.74) is 2.00. The summed E-state index contributed by atoms with van der Waals surface area (Å²) < 4.78 is 0. The summed E-state index contributed by atoms with van der Waals surface area (Å²) in [5.74, 6) is 0.110. The number of aryl methyl sites for hydroxylation is 1. The number of phenolic OH excluding ortho intramolecular Hbond substituents is 2. The van der Waals surface area contributed by atoms with Gasteiger partial charge < -0.3 is 10.2 Å². The van der Waals surface area contributed by atoms with Gasteiger partial charge in [0.25, 0.3) is 0 Å². The predicted octanol–water partition coefficient (Wildman–Crippen LogP) is 7.63. The fraction of sp³-hybridized carbons (Fsp3) is 0.593. The van der Waals surface area contributed by atoms with Gasteiger partial charge in [-0.1, -0.05) is 89.8 Å². The first-order chi connectivity index (χ1) is 14.6. The smallest absolute Gasteiger partial charge is 0.165 e. The molecule has 0 atom stereocenters. The number of rotatable bonds is 15. The molecule has 0 bridgehead atoms. The molecule has 0 saturated heterocycles. The zero-order chi connectivity index (χ0) is 21.8. The van der Waals surface area contributed by atoms with Crippen molar-refractivity contribution in [2.24, 2.45) is 0 Å². The Kier molecular flexibility index (Phi) is 10.8. The molecule has 0 fully saturated rings. The summed E-state index contributed by atoms with van der Waals surface area (Å²) in [7, 11) is 0. The highest BCUT2D eigenvalue weighted by Crippen LogP contribution is 2.38. The van der Waals surface area contributed by atoms with E-state index in [1.165, 1.54) is 38.5 Å². The van der Waals surface area contributed by atoms with Gasteiger partial charge in [-0.05, 0) is 41.8 Å². The number of unbranched alkanes of at least 4 members (excludes halogenated alkanes) is 9. The van der Waals surface area contributed by atoms with E-state index in [0.29, 0.717) is 18.2 Å². The lowest BCUT2D eigenvalue weighted by Crippen LogP contribution is -2.04. The minimum atomic E-state index is -0.0818. The molecule has 0 heterocycles. The van der Waals surface area contributed by atoms with E-state index in [0.717, 1.165) is 55.0 Å². The third kappa shape index (κ3) is 7.34. The minimum absolute atomic E-state index is 0.0728.